The first-order valence-corrected chi connectivity index (χ1v) is 5.57. The van der Waals surface area contributed by atoms with Gasteiger partial charge in [-0.3, -0.25) is 4.79 Å². The molecule has 0 aliphatic heterocycles. The lowest BCUT2D eigenvalue weighted by Gasteiger charge is -2.10. The highest BCUT2D eigenvalue weighted by atomic mass is 16.1. The SMILES string of the molecule is CCC[C@@H](C)CC(=O)Nc1ccccc1. The zero-order chi connectivity index (χ0) is 11.1. The van der Waals surface area contributed by atoms with Crippen LogP contribution in [-0.4, -0.2) is 5.91 Å². The van der Waals surface area contributed by atoms with E-state index in [1.165, 1.54) is 0 Å². The standard InChI is InChI=1S/C13H19NO/c1-3-7-11(2)10-13(15)14-12-8-5-4-6-9-12/h4-6,8-9,11H,3,7,10H2,1-2H3,(H,14,15)/t11-/m1/s1. The Morgan fingerprint density at radius 2 is 2.00 bits per heavy atom. The van der Waals surface area contributed by atoms with Crippen molar-refractivity contribution in [1.82, 2.24) is 0 Å². The van der Waals surface area contributed by atoms with E-state index in [1.54, 1.807) is 0 Å². The van der Waals surface area contributed by atoms with Crippen molar-refractivity contribution in [3.63, 3.8) is 0 Å². The van der Waals surface area contributed by atoms with Crippen LogP contribution in [0.25, 0.3) is 0 Å². The molecule has 0 aromatic heterocycles. The minimum absolute atomic E-state index is 0.113. The van der Waals surface area contributed by atoms with E-state index in [0.29, 0.717) is 12.3 Å². The minimum Gasteiger partial charge on any atom is -0.326 e. The summed E-state index contributed by atoms with van der Waals surface area (Å²) in [5.74, 6) is 0.584. The normalized spacial score (nSPS) is 12.1. The minimum atomic E-state index is 0.113. The van der Waals surface area contributed by atoms with Gasteiger partial charge in [-0.15, -0.1) is 0 Å². The van der Waals surface area contributed by atoms with Gasteiger partial charge in [-0.1, -0.05) is 44.9 Å². The van der Waals surface area contributed by atoms with Crippen molar-refractivity contribution in [3.8, 4) is 0 Å². The Balaban J connectivity index is 2.36. The molecule has 1 rings (SSSR count). The zero-order valence-electron chi connectivity index (χ0n) is 9.49. The molecule has 1 N–H and O–H groups in total. The first-order valence-electron chi connectivity index (χ1n) is 5.57. The molecule has 0 unspecified atom stereocenters. The fourth-order valence-corrected chi connectivity index (χ4v) is 1.64. The number of amides is 1. The van der Waals surface area contributed by atoms with Crippen molar-refractivity contribution in [2.24, 2.45) is 5.92 Å². The number of hydrogen-bond acceptors (Lipinski definition) is 1. The van der Waals surface area contributed by atoms with Crippen molar-refractivity contribution in [3.05, 3.63) is 30.3 Å². The molecule has 0 spiro atoms. The van der Waals surface area contributed by atoms with E-state index >= 15 is 0 Å². The Morgan fingerprint density at radius 3 is 2.60 bits per heavy atom. The van der Waals surface area contributed by atoms with Gasteiger partial charge in [-0.25, -0.2) is 0 Å². The summed E-state index contributed by atoms with van der Waals surface area (Å²) in [6.07, 6.45) is 2.87. The van der Waals surface area contributed by atoms with Gasteiger partial charge < -0.3 is 5.32 Å². The highest BCUT2D eigenvalue weighted by molar-refractivity contribution is 5.90. The second kappa shape index (κ2) is 6.23. The van der Waals surface area contributed by atoms with Crippen LogP contribution in [-0.2, 0) is 4.79 Å². The topological polar surface area (TPSA) is 29.1 Å². The monoisotopic (exact) mass is 205 g/mol. The first kappa shape index (κ1) is 11.8. The van der Waals surface area contributed by atoms with Gasteiger partial charge in [0.2, 0.25) is 5.91 Å². The molecule has 0 saturated heterocycles. The maximum absolute atomic E-state index is 11.6. The Kier molecular flexibility index (Phi) is 4.88. The lowest BCUT2D eigenvalue weighted by molar-refractivity contribution is -0.117. The highest BCUT2D eigenvalue weighted by Gasteiger charge is 2.07. The first-order chi connectivity index (χ1) is 7.22. The number of nitrogens with one attached hydrogen (secondary N) is 1. The van der Waals surface area contributed by atoms with Gasteiger partial charge in [-0.05, 0) is 18.1 Å². The van der Waals surface area contributed by atoms with Gasteiger partial charge in [0.25, 0.3) is 0 Å². The number of rotatable bonds is 5. The predicted octanol–water partition coefficient (Wildman–Crippen LogP) is 3.45. The maximum atomic E-state index is 11.6. The molecular weight excluding hydrogens is 186 g/mol. The Morgan fingerprint density at radius 1 is 1.33 bits per heavy atom. The van der Waals surface area contributed by atoms with Gasteiger partial charge in [-0.2, -0.15) is 0 Å². The molecule has 1 amide bonds. The van der Waals surface area contributed by atoms with E-state index < -0.39 is 0 Å². The fraction of sp³-hybridized carbons (Fsp3) is 0.462. The summed E-state index contributed by atoms with van der Waals surface area (Å²) in [4.78, 5) is 11.6. The summed E-state index contributed by atoms with van der Waals surface area (Å²) in [6, 6.07) is 9.59. The van der Waals surface area contributed by atoms with E-state index in [0.717, 1.165) is 18.5 Å². The molecule has 0 fully saturated rings. The van der Waals surface area contributed by atoms with Crippen LogP contribution in [0.2, 0.25) is 0 Å². The smallest absolute Gasteiger partial charge is 0.224 e. The van der Waals surface area contributed by atoms with Crippen LogP contribution in [0.1, 0.15) is 33.1 Å². The quantitative estimate of drug-likeness (QED) is 0.783. The number of para-hydroxylation sites is 1. The van der Waals surface area contributed by atoms with Gasteiger partial charge in [0.15, 0.2) is 0 Å². The van der Waals surface area contributed by atoms with Crippen molar-refractivity contribution in [1.29, 1.82) is 0 Å². The van der Waals surface area contributed by atoms with Crippen LogP contribution in [0.3, 0.4) is 0 Å². The Labute approximate surface area is 91.7 Å². The van der Waals surface area contributed by atoms with Crippen molar-refractivity contribution >= 4 is 11.6 Å². The van der Waals surface area contributed by atoms with E-state index in [2.05, 4.69) is 19.2 Å². The Hall–Kier alpha value is -1.31. The van der Waals surface area contributed by atoms with Gasteiger partial charge in [0.1, 0.15) is 0 Å². The largest absolute Gasteiger partial charge is 0.326 e. The Bertz CT molecular complexity index is 295. The summed E-state index contributed by atoms with van der Waals surface area (Å²) < 4.78 is 0. The molecule has 1 aromatic rings. The second-order valence-corrected chi connectivity index (χ2v) is 4.01. The molecule has 2 nitrogen and oxygen atoms in total. The van der Waals surface area contributed by atoms with Crippen LogP contribution in [0.5, 0.6) is 0 Å². The summed E-state index contributed by atoms with van der Waals surface area (Å²) in [5, 5.41) is 2.89. The van der Waals surface area contributed by atoms with Crippen LogP contribution in [0, 0.1) is 5.92 Å². The van der Waals surface area contributed by atoms with Gasteiger partial charge in [0, 0.05) is 12.1 Å². The van der Waals surface area contributed by atoms with E-state index in [1.807, 2.05) is 30.3 Å². The lowest BCUT2D eigenvalue weighted by Crippen LogP contribution is -2.14. The number of anilines is 1. The molecule has 15 heavy (non-hydrogen) atoms. The molecule has 0 bridgehead atoms. The summed E-state index contributed by atoms with van der Waals surface area (Å²) in [5.41, 5.74) is 0.881. The molecule has 1 atom stereocenters. The molecule has 0 saturated carbocycles. The summed E-state index contributed by atoms with van der Waals surface area (Å²) in [6.45, 7) is 4.26. The zero-order valence-corrected chi connectivity index (χ0v) is 9.49. The lowest BCUT2D eigenvalue weighted by atomic mass is 10.0. The number of hydrogen-bond donors (Lipinski definition) is 1. The van der Waals surface area contributed by atoms with Gasteiger partial charge in [0.05, 0.1) is 0 Å². The molecular formula is C13H19NO. The molecule has 1 aromatic carbocycles. The number of carbonyl (C=O) groups excluding carboxylic acids is 1. The van der Waals surface area contributed by atoms with Crippen LogP contribution < -0.4 is 5.32 Å². The average molecular weight is 205 g/mol. The summed E-state index contributed by atoms with van der Waals surface area (Å²) >= 11 is 0. The van der Waals surface area contributed by atoms with Crippen molar-refractivity contribution in [2.75, 3.05) is 5.32 Å². The highest BCUT2D eigenvalue weighted by Crippen LogP contribution is 2.12. The third kappa shape index (κ3) is 4.63. The molecule has 0 aliphatic rings. The average Bonchev–Trinajstić information content (AvgIpc) is 2.19. The predicted molar refractivity (Wildman–Crippen MR) is 63.8 cm³/mol. The molecule has 0 heterocycles. The third-order valence-corrected chi connectivity index (χ3v) is 2.37. The third-order valence-electron chi connectivity index (χ3n) is 2.37. The molecule has 82 valence electrons. The fourth-order valence-electron chi connectivity index (χ4n) is 1.64. The van der Waals surface area contributed by atoms with Gasteiger partial charge >= 0.3 is 0 Å². The molecule has 0 aliphatic carbocycles. The van der Waals surface area contributed by atoms with E-state index in [9.17, 15) is 4.79 Å². The summed E-state index contributed by atoms with van der Waals surface area (Å²) in [7, 11) is 0. The van der Waals surface area contributed by atoms with Crippen LogP contribution in [0.4, 0.5) is 5.69 Å². The number of benzene rings is 1. The molecule has 2 heteroatoms. The van der Waals surface area contributed by atoms with E-state index in [4.69, 9.17) is 0 Å². The van der Waals surface area contributed by atoms with Crippen molar-refractivity contribution < 1.29 is 4.79 Å². The number of carbonyl (C=O) groups is 1. The maximum Gasteiger partial charge on any atom is 0.224 e. The second-order valence-electron chi connectivity index (χ2n) is 4.01. The van der Waals surface area contributed by atoms with Crippen LogP contribution in [0.15, 0.2) is 30.3 Å². The molecule has 0 radical (unpaired) electrons. The van der Waals surface area contributed by atoms with Crippen molar-refractivity contribution in [2.45, 2.75) is 33.1 Å². The van der Waals surface area contributed by atoms with Crippen LogP contribution >= 0.6 is 0 Å². The van der Waals surface area contributed by atoms with E-state index in [-0.39, 0.29) is 5.91 Å².